The average Bonchev–Trinajstić information content (AvgIpc) is 2.76. The molecule has 1 heterocycles. The Bertz CT molecular complexity index is 828. The largest absolute Gasteiger partial charge is 0.279 e. The summed E-state index contributed by atoms with van der Waals surface area (Å²) in [6.45, 7) is 0. The summed E-state index contributed by atoms with van der Waals surface area (Å²) in [5.41, 5.74) is 0.196. The molecular weight excluding hydrogens is 346 g/mol. The third-order valence-electron chi connectivity index (χ3n) is 2.16. The second kappa shape index (κ2) is 5.30. The molecule has 2 aromatic rings. The van der Waals surface area contributed by atoms with Crippen LogP contribution in [0.15, 0.2) is 39.6 Å². The minimum atomic E-state index is -3.81. The first kappa shape index (κ1) is 15.2. The van der Waals surface area contributed by atoms with Crippen molar-refractivity contribution < 1.29 is 16.8 Å². The van der Waals surface area contributed by atoms with E-state index in [0.717, 1.165) is 17.5 Å². The molecule has 0 saturated carbocycles. The summed E-state index contributed by atoms with van der Waals surface area (Å²) < 4.78 is 48.4. The van der Waals surface area contributed by atoms with Gasteiger partial charge >= 0.3 is 0 Å². The van der Waals surface area contributed by atoms with Crippen LogP contribution in [-0.2, 0) is 20.0 Å². The van der Waals surface area contributed by atoms with E-state index in [1.165, 1.54) is 24.3 Å². The zero-order valence-electron chi connectivity index (χ0n) is 9.65. The molecule has 0 saturated heterocycles. The highest BCUT2D eigenvalue weighted by Gasteiger charge is 2.18. The summed E-state index contributed by atoms with van der Waals surface area (Å²) >= 11 is 6.38. The zero-order valence-corrected chi connectivity index (χ0v) is 12.9. The average molecular weight is 354 g/mol. The second-order valence-corrected chi connectivity index (χ2v) is 8.69. The predicted octanol–water partition coefficient (Wildman–Crippen LogP) is 1.24. The number of anilines is 1. The molecule has 3 N–H and O–H groups in total. The van der Waals surface area contributed by atoms with Gasteiger partial charge in [0.25, 0.3) is 10.0 Å². The maximum atomic E-state index is 12.0. The van der Waals surface area contributed by atoms with Crippen LogP contribution in [0, 0.1) is 0 Å². The number of aromatic nitrogens is 1. The molecule has 0 unspecified atom stereocenters. The van der Waals surface area contributed by atoms with Crippen molar-refractivity contribution in [3.05, 3.63) is 34.9 Å². The van der Waals surface area contributed by atoms with E-state index < -0.39 is 20.0 Å². The fraction of sp³-hybridized carbons (Fsp3) is 0. The maximum absolute atomic E-state index is 12.0. The number of nitrogens with two attached hydrogens (primary N) is 1. The lowest BCUT2D eigenvalue weighted by Crippen LogP contribution is -2.13. The molecule has 0 aliphatic rings. The van der Waals surface area contributed by atoms with Gasteiger partial charge in [0.15, 0.2) is 8.68 Å². The topological polar surface area (TPSA) is 119 Å². The number of thiazole rings is 1. The molecule has 0 spiro atoms. The van der Waals surface area contributed by atoms with Crippen molar-refractivity contribution in [1.82, 2.24) is 4.98 Å². The van der Waals surface area contributed by atoms with Crippen molar-refractivity contribution in [2.24, 2.45) is 5.14 Å². The minimum Gasteiger partial charge on any atom is -0.279 e. The van der Waals surface area contributed by atoms with Gasteiger partial charge < -0.3 is 0 Å². The number of halogens is 1. The number of hydrogen-bond acceptors (Lipinski definition) is 6. The molecule has 1 aromatic heterocycles. The summed E-state index contributed by atoms with van der Waals surface area (Å²) in [6, 6.07) is 4.99. The van der Waals surface area contributed by atoms with Crippen LogP contribution < -0.4 is 9.86 Å². The Kier molecular flexibility index (Phi) is 4.02. The van der Waals surface area contributed by atoms with E-state index in [4.69, 9.17) is 16.7 Å². The van der Waals surface area contributed by atoms with Gasteiger partial charge in [0, 0.05) is 5.69 Å². The number of hydrogen-bond donors (Lipinski definition) is 2. The molecule has 0 aliphatic carbocycles. The van der Waals surface area contributed by atoms with Gasteiger partial charge in [-0.1, -0.05) is 22.9 Å². The van der Waals surface area contributed by atoms with Gasteiger partial charge in [-0.15, -0.1) is 0 Å². The molecule has 0 amide bonds. The molecule has 20 heavy (non-hydrogen) atoms. The second-order valence-electron chi connectivity index (χ2n) is 3.61. The summed E-state index contributed by atoms with van der Waals surface area (Å²) in [7, 11) is -7.61. The van der Waals surface area contributed by atoms with Crippen LogP contribution in [0.5, 0.6) is 0 Å². The summed E-state index contributed by atoms with van der Waals surface area (Å²) in [6.07, 6.45) is 1.13. The third-order valence-corrected chi connectivity index (χ3v) is 6.04. The summed E-state index contributed by atoms with van der Waals surface area (Å²) in [5.74, 6) is 0. The SMILES string of the molecule is NS(=O)(=O)c1ccc(NS(=O)(=O)c2cnc(Cl)s2)cc1. The normalized spacial score (nSPS) is 12.3. The van der Waals surface area contributed by atoms with Gasteiger partial charge in [-0.2, -0.15) is 0 Å². The van der Waals surface area contributed by atoms with E-state index >= 15 is 0 Å². The monoisotopic (exact) mass is 353 g/mol. The van der Waals surface area contributed by atoms with Gasteiger partial charge in [0.1, 0.15) is 0 Å². The lowest BCUT2D eigenvalue weighted by Gasteiger charge is -2.06. The van der Waals surface area contributed by atoms with Gasteiger partial charge in [-0.3, -0.25) is 4.72 Å². The number of sulfonamides is 2. The lowest BCUT2D eigenvalue weighted by molar-refractivity contribution is 0.597. The summed E-state index contributed by atoms with van der Waals surface area (Å²) in [5, 5.41) is 4.94. The Morgan fingerprint density at radius 2 is 1.75 bits per heavy atom. The molecule has 0 atom stereocenters. The Hall–Kier alpha value is -1.20. The van der Waals surface area contributed by atoms with Crippen LogP contribution >= 0.6 is 22.9 Å². The number of benzene rings is 1. The van der Waals surface area contributed by atoms with Crippen LogP contribution in [0.1, 0.15) is 0 Å². The van der Waals surface area contributed by atoms with Crippen LogP contribution in [0.4, 0.5) is 5.69 Å². The van der Waals surface area contributed by atoms with Crippen molar-refractivity contribution in [2.45, 2.75) is 9.10 Å². The van der Waals surface area contributed by atoms with Crippen molar-refractivity contribution in [1.29, 1.82) is 0 Å². The maximum Gasteiger partial charge on any atom is 0.273 e. The number of nitrogens with zero attached hydrogens (tertiary/aromatic N) is 1. The van der Waals surface area contributed by atoms with Crippen molar-refractivity contribution in [3.8, 4) is 0 Å². The Morgan fingerprint density at radius 1 is 1.15 bits per heavy atom. The van der Waals surface area contributed by atoms with E-state index in [-0.39, 0.29) is 19.3 Å². The number of nitrogens with one attached hydrogen (secondary N) is 1. The van der Waals surface area contributed by atoms with Gasteiger partial charge in [-0.25, -0.2) is 27.0 Å². The highest BCUT2D eigenvalue weighted by molar-refractivity contribution is 7.94. The molecule has 1 aromatic carbocycles. The van der Waals surface area contributed by atoms with Crippen molar-refractivity contribution >= 4 is 48.7 Å². The van der Waals surface area contributed by atoms with E-state index in [1.807, 2.05) is 0 Å². The Labute approximate surface area is 124 Å². The molecule has 0 aliphatic heterocycles. The Morgan fingerprint density at radius 3 is 2.20 bits per heavy atom. The highest BCUT2D eigenvalue weighted by Crippen LogP contribution is 2.24. The Balaban J connectivity index is 2.26. The van der Waals surface area contributed by atoms with Crippen molar-refractivity contribution in [3.63, 3.8) is 0 Å². The third kappa shape index (κ3) is 3.46. The van der Waals surface area contributed by atoms with Crippen LogP contribution in [-0.4, -0.2) is 21.8 Å². The quantitative estimate of drug-likeness (QED) is 0.857. The van der Waals surface area contributed by atoms with E-state index in [1.54, 1.807) is 0 Å². The van der Waals surface area contributed by atoms with Crippen LogP contribution in [0.3, 0.4) is 0 Å². The van der Waals surface area contributed by atoms with Gasteiger partial charge in [0.2, 0.25) is 10.0 Å². The first-order valence-electron chi connectivity index (χ1n) is 4.95. The van der Waals surface area contributed by atoms with Crippen LogP contribution in [0.25, 0.3) is 0 Å². The summed E-state index contributed by atoms with van der Waals surface area (Å²) in [4.78, 5) is 3.53. The molecule has 2 rings (SSSR count). The first-order chi connectivity index (χ1) is 9.18. The van der Waals surface area contributed by atoms with Crippen LogP contribution in [0.2, 0.25) is 4.47 Å². The van der Waals surface area contributed by atoms with Crippen molar-refractivity contribution in [2.75, 3.05) is 4.72 Å². The smallest absolute Gasteiger partial charge is 0.273 e. The lowest BCUT2D eigenvalue weighted by atomic mass is 10.3. The fourth-order valence-corrected chi connectivity index (χ4v) is 4.15. The number of primary sulfonamides is 1. The molecule has 0 radical (unpaired) electrons. The minimum absolute atomic E-state index is 0.0435. The predicted molar refractivity (Wildman–Crippen MR) is 75.7 cm³/mol. The molecule has 11 heteroatoms. The fourth-order valence-electron chi connectivity index (χ4n) is 1.28. The number of rotatable bonds is 4. The zero-order chi connectivity index (χ0) is 15.0. The van der Waals surface area contributed by atoms with Gasteiger partial charge in [-0.05, 0) is 24.3 Å². The van der Waals surface area contributed by atoms with E-state index in [0.29, 0.717) is 0 Å². The molecule has 7 nitrogen and oxygen atoms in total. The van der Waals surface area contributed by atoms with E-state index in [2.05, 4.69) is 9.71 Å². The molecule has 0 fully saturated rings. The van der Waals surface area contributed by atoms with Gasteiger partial charge in [0.05, 0.1) is 11.1 Å². The highest BCUT2D eigenvalue weighted by atomic mass is 35.5. The molecule has 108 valence electrons. The first-order valence-corrected chi connectivity index (χ1v) is 9.18. The molecular formula is C9H8ClN3O4S3. The van der Waals surface area contributed by atoms with E-state index in [9.17, 15) is 16.8 Å². The molecule has 0 bridgehead atoms. The standard InChI is InChI=1S/C9H8ClN3O4S3/c10-9-12-5-8(18-9)20(16,17)13-6-1-3-7(4-2-6)19(11,14)15/h1-5,13H,(H2,11,14,15).